The van der Waals surface area contributed by atoms with Gasteiger partial charge in [0.15, 0.2) is 11.5 Å². The van der Waals surface area contributed by atoms with Crippen molar-refractivity contribution in [3.05, 3.63) is 71.4 Å². The van der Waals surface area contributed by atoms with Gasteiger partial charge in [-0.1, -0.05) is 23.9 Å². The van der Waals surface area contributed by atoms with E-state index < -0.39 is 0 Å². The third-order valence-electron chi connectivity index (χ3n) is 5.66. The molecule has 0 saturated carbocycles. The summed E-state index contributed by atoms with van der Waals surface area (Å²) in [6, 6.07) is 14.8. The van der Waals surface area contributed by atoms with E-state index >= 15 is 0 Å². The van der Waals surface area contributed by atoms with Crippen LogP contribution in [0.15, 0.2) is 59.8 Å². The van der Waals surface area contributed by atoms with Crippen molar-refractivity contribution in [2.24, 2.45) is 0 Å². The van der Waals surface area contributed by atoms with Crippen LogP contribution >= 0.6 is 11.8 Å². The largest absolute Gasteiger partial charge is 0.454 e. The summed E-state index contributed by atoms with van der Waals surface area (Å²) in [5, 5.41) is 6.41. The van der Waals surface area contributed by atoms with Gasteiger partial charge in [0.1, 0.15) is 5.03 Å². The lowest BCUT2D eigenvalue weighted by molar-refractivity contribution is -0.113. The van der Waals surface area contributed by atoms with E-state index in [0.717, 1.165) is 24.9 Å². The molecular formula is C25H23N3O4S. The van der Waals surface area contributed by atoms with Gasteiger partial charge in [0, 0.05) is 23.6 Å². The maximum absolute atomic E-state index is 13.1. The first-order chi connectivity index (χ1) is 16.2. The van der Waals surface area contributed by atoms with E-state index in [9.17, 15) is 9.59 Å². The summed E-state index contributed by atoms with van der Waals surface area (Å²) in [4.78, 5) is 29.9. The molecule has 0 fully saturated rings. The molecule has 33 heavy (non-hydrogen) atoms. The summed E-state index contributed by atoms with van der Waals surface area (Å²) in [6.07, 6.45) is 5.96. The first-order valence-electron chi connectivity index (χ1n) is 10.9. The van der Waals surface area contributed by atoms with Crippen LogP contribution in [0, 0.1) is 0 Å². The number of rotatable bonds is 6. The number of carbonyl (C=O) groups is 2. The third-order valence-corrected chi connectivity index (χ3v) is 6.66. The minimum absolute atomic E-state index is 0.118. The van der Waals surface area contributed by atoms with Gasteiger partial charge in [-0.15, -0.1) is 0 Å². The first-order valence-corrected chi connectivity index (χ1v) is 11.9. The van der Waals surface area contributed by atoms with Gasteiger partial charge in [0.2, 0.25) is 12.7 Å². The molecule has 1 aliphatic heterocycles. The van der Waals surface area contributed by atoms with E-state index in [1.165, 1.54) is 29.3 Å². The van der Waals surface area contributed by atoms with Crippen LogP contribution in [0.4, 0.5) is 11.4 Å². The molecule has 7 nitrogen and oxygen atoms in total. The van der Waals surface area contributed by atoms with E-state index in [4.69, 9.17) is 9.47 Å². The number of thioether (sulfide) groups is 1. The maximum atomic E-state index is 13.1. The highest BCUT2D eigenvalue weighted by Crippen LogP contribution is 2.34. The molecule has 1 aromatic heterocycles. The second kappa shape index (κ2) is 9.54. The normalized spacial score (nSPS) is 13.8. The summed E-state index contributed by atoms with van der Waals surface area (Å²) in [5.74, 6) is 0.958. The van der Waals surface area contributed by atoms with Crippen molar-refractivity contribution in [3.63, 3.8) is 0 Å². The topological polar surface area (TPSA) is 89.6 Å². The Morgan fingerprint density at radius 1 is 0.970 bits per heavy atom. The van der Waals surface area contributed by atoms with E-state index in [1.54, 1.807) is 36.5 Å². The summed E-state index contributed by atoms with van der Waals surface area (Å²) >= 11 is 1.23. The van der Waals surface area contributed by atoms with Gasteiger partial charge < -0.3 is 20.1 Å². The molecule has 0 atom stereocenters. The predicted octanol–water partition coefficient (Wildman–Crippen LogP) is 4.67. The fraction of sp³-hybridized carbons (Fsp3) is 0.240. The summed E-state index contributed by atoms with van der Waals surface area (Å²) < 4.78 is 10.6. The minimum atomic E-state index is -0.222. The second-order valence-electron chi connectivity index (χ2n) is 7.87. The van der Waals surface area contributed by atoms with E-state index in [2.05, 4.69) is 21.7 Å². The minimum Gasteiger partial charge on any atom is -0.454 e. The second-order valence-corrected chi connectivity index (χ2v) is 8.83. The lowest BCUT2D eigenvalue weighted by Crippen LogP contribution is -2.18. The molecule has 3 aromatic rings. The molecule has 2 aliphatic rings. The summed E-state index contributed by atoms with van der Waals surface area (Å²) in [7, 11) is 0. The highest BCUT2D eigenvalue weighted by Gasteiger charge is 2.19. The van der Waals surface area contributed by atoms with Crippen LogP contribution in [0.3, 0.4) is 0 Å². The van der Waals surface area contributed by atoms with Crippen LogP contribution in [0.1, 0.15) is 34.3 Å². The van der Waals surface area contributed by atoms with Gasteiger partial charge in [0.25, 0.3) is 5.91 Å². The van der Waals surface area contributed by atoms with Crippen LogP contribution < -0.4 is 20.1 Å². The zero-order valence-electron chi connectivity index (χ0n) is 17.9. The lowest BCUT2D eigenvalue weighted by atomic mass is 9.90. The van der Waals surface area contributed by atoms with Gasteiger partial charge in [-0.25, -0.2) is 4.98 Å². The Hall–Kier alpha value is -3.52. The monoisotopic (exact) mass is 461 g/mol. The average molecular weight is 462 g/mol. The number of ether oxygens (including phenoxy) is 2. The summed E-state index contributed by atoms with van der Waals surface area (Å²) in [5.41, 5.74) is 4.46. The first kappa shape index (κ1) is 21.3. The number of hydrogen-bond acceptors (Lipinski definition) is 6. The number of nitrogens with one attached hydrogen (secondary N) is 2. The average Bonchev–Trinajstić information content (AvgIpc) is 3.31. The number of aryl methyl sites for hydroxylation is 1. The SMILES string of the molecule is O=C(CSc1ncccc1C(=O)Nc1cccc2c1CCCC2)Nc1ccc2c(c1)OCO2. The molecule has 2 heterocycles. The molecule has 0 radical (unpaired) electrons. The number of fused-ring (bicyclic) bond motifs is 2. The molecule has 2 amide bonds. The van der Waals surface area contributed by atoms with Crippen LogP contribution in [0.25, 0.3) is 0 Å². The Kier molecular flexibility index (Phi) is 6.17. The number of nitrogens with zero attached hydrogens (tertiary/aromatic N) is 1. The Morgan fingerprint density at radius 3 is 2.79 bits per heavy atom. The smallest absolute Gasteiger partial charge is 0.258 e. The van der Waals surface area contributed by atoms with Gasteiger partial charge in [-0.2, -0.15) is 0 Å². The van der Waals surface area contributed by atoms with Crippen molar-refractivity contribution >= 4 is 35.0 Å². The van der Waals surface area contributed by atoms with E-state index in [0.29, 0.717) is 27.8 Å². The van der Waals surface area contributed by atoms with E-state index in [1.807, 2.05) is 12.1 Å². The molecule has 1 aliphatic carbocycles. The number of aromatic nitrogens is 1. The molecule has 2 N–H and O–H groups in total. The number of hydrogen-bond donors (Lipinski definition) is 2. The molecule has 0 bridgehead atoms. The lowest BCUT2D eigenvalue weighted by Gasteiger charge is -2.20. The van der Waals surface area contributed by atoms with Crippen molar-refractivity contribution in [2.45, 2.75) is 30.7 Å². The number of pyridine rings is 1. The molecule has 2 aromatic carbocycles. The van der Waals surface area contributed by atoms with Crippen molar-refractivity contribution in [1.29, 1.82) is 0 Å². The molecule has 0 saturated heterocycles. The van der Waals surface area contributed by atoms with Crippen molar-refractivity contribution in [3.8, 4) is 11.5 Å². The quantitative estimate of drug-likeness (QED) is 0.519. The van der Waals surface area contributed by atoms with Crippen molar-refractivity contribution < 1.29 is 19.1 Å². The zero-order chi connectivity index (χ0) is 22.6. The standard InChI is InChI=1S/C25H23N3O4S/c29-23(27-17-10-11-21-22(13-17)32-15-31-21)14-33-25-19(8-4-12-26-25)24(30)28-20-9-3-6-16-5-1-2-7-18(16)20/h3-4,6,8-13H,1-2,5,7,14-15H2,(H,27,29)(H,28,30). The molecule has 168 valence electrons. The molecular weight excluding hydrogens is 438 g/mol. The van der Waals surface area contributed by atoms with Crippen LogP contribution in [0.5, 0.6) is 11.5 Å². The predicted molar refractivity (Wildman–Crippen MR) is 127 cm³/mol. The molecule has 0 unspecified atom stereocenters. The Bertz CT molecular complexity index is 1210. The summed E-state index contributed by atoms with van der Waals surface area (Å²) in [6.45, 7) is 0.179. The van der Waals surface area contributed by atoms with Gasteiger partial charge in [0.05, 0.1) is 11.3 Å². The molecule has 8 heteroatoms. The van der Waals surface area contributed by atoms with Crippen LogP contribution in [-0.2, 0) is 17.6 Å². The van der Waals surface area contributed by atoms with Gasteiger partial charge in [-0.3, -0.25) is 9.59 Å². The van der Waals surface area contributed by atoms with Gasteiger partial charge >= 0.3 is 0 Å². The number of anilines is 2. The Balaban J connectivity index is 1.24. The maximum Gasteiger partial charge on any atom is 0.258 e. The van der Waals surface area contributed by atoms with Crippen molar-refractivity contribution in [1.82, 2.24) is 4.98 Å². The fourth-order valence-corrected chi connectivity index (χ4v) is 4.86. The molecule has 0 spiro atoms. The number of carbonyl (C=O) groups excluding carboxylic acids is 2. The van der Waals surface area contributed by atoms with Crippen molar-refractivity contribution in [2.75, 3.05) is 23.2 Å². The van der Waals surface area contributed by atoms with Gasteiger partial charge in [-0.05, 0) is 67.1 Å². The highest BCUT2D eigenvalue weighted by molar-refractivity contribution is 8.00. The fourth-order valence-electron chi connectivity index (χ4n) is 4.07. The Morgan fingerprint density at radius 2 is 1.85 bits per heavy atom. The number of benzene rings is 2. The third kappa shape index (κ3) is 4.80. The van der Waals surface area contributed by atoms with E-state index in [-0.39, 0.29) is 24.4 Å². The highest BCUT2D eigenvalue weighted by atomic mass is 32.2. The molecule has 5 rings (SSSR count). The number of amides is 2. The zero-order valence-corrected chi connectivity index (χ0v) is 18.7. The Labute approximate surface area is 195 Å². The van der Waals surface area contributed by atoms with Crippen LogP contribution in [0.2, 0.25) is 0 Å². The van der Waals surface area contributed by atoms with Crippen LogP contribution in [-0.4, -0.2) is 29.3 Å².